The van der Waals surface area contributed by atoms with Gasteiger partial charge in [-0.2, -0.15) is 0 Å². The first-order chi connectivity index (χ1) is 8.08. The quantitative estimate of drug-likeness (QED) is 0.882. The number of nitrogens with zero attached hydrogens (tertiary/aromatic N) is 2. The van der Waals surface area contributed by atoms with Crippen LogP contribution in [0.15, 0.2) is 30.6 Å². The maximum Gasteiger partial charge on any atom is 0.126 e. The van der Waals surface area contributed by atoms with Crippen LogP contribution in [0.2, 0.25) is 0 Å². The van der Waals surface area contributed by atoms with E-state index in [2.05, 4.69) is 4.98 Å². The van der Waals surface area contributed by atoms with Crippen LogP contribution in [0.5, 0.6) is 0 Å². The summed E-state index contributed by atoms with van der Waals surface area (Å²) in [4.78, 5) is 4.23. The van der Waals surface area contributed by atoms with Gasteiger partial charge in [0, 0.05) is 31.9 Å². The molecular weight excluding hydrogens is 217 g/mol. The summed E-state index contributed by atoms with van der Waals surface area (Å²) in [5.74, 6) is 0.734. The molecule has 4 heteroatoms. The number of hydrogen-bond donors (Lipinski definition) is 1. The normalized spacial score (nSPS) is 12.7. The van der Waals surface area contributed by atoms with E-state index in [9.17, 15) is 4.39 Å². The van der Waals surface area contributed by atoms with Crippen LogP contribution in [0.3, 0.4) is 0 Å². The van der Waals surface area contributed by atoms with E-state index in [0.29, 0.717) is 12.0 Å². The third-order valence-electron chi connectivity index (χ3n) is 2.93. The molecule has 2 aromatic rings. The van der Waals surface area contributed by atoms with Gasteiger partial charge in [0.1, 0.15) is 11.6 Å². The fourth-order valence-corrected chi connectivity index (χ4v) is 1.81. The van der Waals surface area contributed by atoms with Crippen LogP contribution < -0.4 is 5.73 Å². The predicted octanol–water partition coefficient (Wildman–Crippen LogP) is 2.11. The van der Waals surface area contributed by atoms with Crippen LogP contribution in [0, 0.1) is 12.7 Å². The molecule has 1 aromatic carbocycles. The Balaban J connectivity index is 2.17. The van der Waals surface area contributed by atoms with Gasteiger partial charge in [-0.05, 0) is 24.1 Å². The number of aromatic nitrogens is 2. The minimum absolute atomic E-state index is 0.157. The van der Waals surface area contributed by atoms with E-state index >= 15 is 0 Å². The SMILES string of the molecule is Cc1cc(C(N)Cc2nccn2C)ccc1F. The minimum atomic E-state index is -0.196. The Morgan fingerprint density at radius 2 is 2.24 bits per heavy atom. The maximum atomic E-state index is 13.1. The van der Waals surface area contributed by atoms with E-state index in [1.54, 1.807) is 25.3 Å². The second kappa shape index (κ2) is 4.67. The number of imidazole rings is 1. The molecule has 1 unspecified atom stereocenters. The van der Waals surface area contributed by atoms with E-state index in [4.69, 9.17) is 5.73 Å². The molecule has 0 amide bonds. The predicted molar refractivity (Wildman–Crippen MR) is 65.0 cm³/mol. The van der Waals surface area contributed by atoms with Gasteiger partial charge in [0.05, 0.1) is 0 Å². The first-order valence-electron chi connectivity index (χ1n) is 5.55. The Morgan fingerprint density at radius 3 is 2.82 bits per heavy atom. The maximum absolute atomic E-state index is 13.1. The highest BCUT2D eigenvalue weighted by molar-refractivity contribution is 5.26. The van der Waals surface area contributed by atoms with Crippen molar-refractivity contribution in [2.24, 2.45) is 12.8 Å². The number of benzene rings is 1. The van der Waals surface area contributed by atoms with Crippen molar-refractivity contribution in [1.82, 2.24) is 9.55 Å². The average molecular weight is 233 g/mol. The largest absolute Gasteiger partial charge is 0.338 e. The first-order valence-corrected chi connectivity index (χ1v) is 5.55. The van der Waals surface area contributed by atoms with E-state index in [1.165, 1.54) is 6.07 Å². The fraction of sp³-hybridized carbons (Fsp3) is 0.308. The lowest BCUT2D eigenvalue weighted by Crippen LogP contribution is -2.16. The van der Waals surface area contributed by atoms with E-state index in [1.807, 2.05) is 17.8 Å². The summed E-state index contributed by atoms with van der Waals surface area (Å²) in [6, 6.07) is 4.83. The third-order valence-corrected chi connectivity index (χ3v) is 2.93. The average Bonchev–Trinajstić information content (AvgIpc) is 2.68. The molecule has 0 aliphatic heterocycles. The van der Waals surface area contributed by atoms with Crippen LogP contribution in [-0.2, 0) is 13.5 Å². The molecule has 1 aromatic heterocycles. The van der Waals surface area contributed by atoms with Gasteiger partial charge in [0.25, 0.3) is 0 Å². The molecular formula is C13H16FN3. The Bertz CT molecular complexity index is 519. The van der Waals surface area contributed by atoms with Gasteiger partial charge in [-0.15, -0.1) is 0 Å². The van der Waals surface area contributed by atoms with E-state index in [-0.39, 0.29) is 11.9 Å². The summed E-state index contributed by atoms with van der Waals surface area (Å²) in [6.45, 7) is 1.74. The molecule has 2 N–H and O–H groups in total. The monoisotopic (exact) mass is 233 g/mol. The highest BCUT2D eigenvalue weighted by atomic mass is 19.1. The highest BCUT2D eigenvalue weighted by Gasteiger charge is 2.11. The third kappa shape index (κ3) is 2.53. The molecule has 2 rings (SSSR count). The van der Waals surface area contributed by atoms with Crippen LogP contribution in [0.25, 0.3) is 0 Å². The van der Waals surface area contributed by atoms with Crippen LogP contribution in [0.1, 0.15) is 23.0 Å². The van der Waals surface area contributed by atoms with Crippen molar-refractivity contribution in [2.75, 3.05) is 0 Å². The summed E-state index contributed by atoms with van der Waals surface area (Å²) in [6.07, 6.45) is 4.28. The number of hydrogen-bond acceptors (Lipinski definition) is 2. The Kier molecular flexibility index (Phi) is 3.24. The number of nitrogens with two attached hydrogens (primary N) is 1. The van der Waals surface area contributed by atoms with Crippen molar-refractivity contribution < 1.29 is 4.39 Å². The van der Waals surface area contributed by atoms with Gasteiger partial charge in [0.2, 0.25) is 0 Å². The smallest absolute Gasteiger partial charge is 0.126 e. The van der Waals surface area contributed by atoms with Crippen LogP contribution in [-0.4, -0.2) is 9.55 Å². The zero-order chi connectivity index (χ0) is 12.4. The standard InChI is InChI=1S/C13H16FN3/c1-9-7-10(3-4-11(9)14)12(15)8-13-16-5-6-17(13)2/h3-7,12H,8,15H2,1-2H3. The lowest BCUT2D eigenvalue weighted by molar-refractivity contribution is 0.612. The molecule has 1 heterocycles. The molecule has 0 saturated heterocycles. The van der Waals surface area contributed by atoms with Crippen molar-refractivity contribution in [3.8, 4) is 0 Å². The van der Waals surface area contributed by atoms with Crippen molar-refractivity contribution >= 4 is 0 Å². The van der Waals surface area contributed by atoms with Gasteiger partial charge in [-0.25, -0.2) is 9.37 Å². The van der Waals surface area contributed by atoms with Crippen molar-refractivity contribution in [3.63, 3.8) is 0 Å². The van der Waals surface area contributed by atoms with Crippen molar-refractivity contribution in [2.45, 2.75) is 19.4 Å². The summed E-state index contributed by atoms with van der Waals surface area (Å²) < 4.78 is 15.1. The zero-order valence-corrected chi connectivity index (χ0v) is 10.0. The first kappa shape index (κ1) is 11.8. The van der Waals surface area contributed by atoms with Gasteiger partial charge in [0.15, 0.2) is 0 Å². The topological polar surface area (TPSA) is 43.8 Å². The summed E-state index contributed by atoms with van der Waals surface area (Å²) in [7, 11) is 1.94. The molecule has 3 nitrogen and oxygen atoms in total. The number of aryl methyl sites for hydroxylation is 2. The minimum Gasteiger partial charge on any atom is -0.338 e. The van der Waals surface area contributed by atoms with Crippen LogP contribution >= 0.6 is 0 Å². The summed E-state index contributed by atoms with van der Waals surface area (Å²) >= 11 is 0. The van der Waals surface area contributed by atoms with E-state index in [0.717, 1.165) is 11.4 Å². The van der Waals surface area contributed by atoms with Crippen molar-refractivity contribution in [3.05, 3.63) is 53.4 Å². The van der Waals surface area contributed by atoms with Gasteiger partial charge < -0.3 is 10.3 Å². The molecule has 17 heavy (non-hydrogen) atoms. The molecule has 0 radical (unpaired) electrons. The molecule has 0 spiro atoms. The molecule has 0 aliphatic rings. The second-order valence-corrected chi connectivity index (χ2v) is 4.27. The Morgan fingerprint density at radius 1 is 1.47 bits per heavy atom. The molecule has 0 saturated carbocycles. The molecule has 90 valence electrons. The molecule has 0 fully saturated rings. The van der Waals surface area contributed by atoms with Gasteiger partial charge in [-0.1, -0.05) is 12.1 Å². The highest BCUT2D eigenvalue weighted by Crippen LogP contribution is 2.17. The number of rotatable bonds is 3. The van der Waals surface area contributed by atoms with Crippen LogP contribution in [0.4, 0.5) is 4.39 Å². The fourth-order valence-electron chi connectivity index (χ4n) is 1.81. The van der Waals surface area contributed by atoms with Gasteiger partial charge >= 0.3 is 0 Å². The molecule has 0 bridgehead atoms. The lowest BCUT2D eigenvalue weighted by atomic mass is 10.0. The summed E-state index contributed by atoms with van der Waals surface area (Å²) in [5, 5.41) is 0. The number of halogens is 1. The Hall–Kier alpha value is -1.68. The van der Waals surface area contributed by atoms with Crippen molar-refractivity contribution in [1.29, 1.82) is 0 Å². The lowest BCUT2D eigenvalue weighted by Gasteiger charge is -2.12. The molecule has 1 atom stereocenters. The zero-order valence-electron chi connectivity index (χ0n) is 10.0. The second-order valence-electron chi connectivity index (χ2n) is 4.27. The molecule has 0 aliphatic carbocycles. The summed E-state index contributed by atoms with van der Waals surface area (Å²) in [5.41, 5.74) is 7.66. The Labute approximate surface area is 100 Å². The van der Waals surface area contributed by atoms with Gasteiger partial charge in [-0.3, -0.25) is 0 Å². The van der Waals surface area contributed by atoms with E-state index < -0.39 is 0 Å².